The van der Waals surface area contributed by atoms with E-state index >= 15 is 0 Å². The summed E-state index contributed by atoms with van der Waals surface area (Å²) in [6.07, 6.45) is 3.74. The molecule has 1 N–H and O–H groups in total. The Bertz CT molecular complexity index is 711. The molecule has 0 unspecified atom stereocenters. The van der Waals surface area contributed by atoms with E-state index in [4.69, 9.17) is 4.74 Å². The largest absolute Gasteiger partial charge is 0.378 e. The maximum atomic E-state index is 6.10. The summed E-state index contributed by atoms with van der Waals surface area (Å²) < 4.78 is 6.10. The summed E-state index contributed by atoms with van der Waals surface area (Å²) in [4.78, 5) is 2.14. The molecule has 2 atom stereocenters. The second kappa shape index (κ2) is 9.58. The number of nitrogens with zero attached hydrogens (tertiary/aromatic N) is 1. The molecule has 152 valence electrons. The van der Waals surface area contributed by atoms with E-state index in [1.54, 1.807) is 0 Å². The van der Waals surface area contributed by atoms with Gasteiger partial charge in [0.2, 0.25) is 0 Å². The fourth-order valence-electron chi connectivity index (χ4n) is 4.28. The van der Waals surface area contributed by atoms with Gasteiger partial charge in [0.05, 0.1) is 6.10 Å². The summed E-state index contributed by atoms with van der Waals surface area (Å²) >= 11 is 0. The Balaban J connectivity index is 1.62. The lowest BCUT2D eigenvalue weighted by Gasteiger charge is -2.43. The molecule has 0 radical (unpaired) electrons. The Morgan fingerprint density at radius 2 is 1.79 bits per heavy atom. The maximum Gasteiger partial charge on any atom is 0.0606 e. The molecule has 3 rings (SSSR count). The highest BCUT2D eigenvalue weighted by Crippen LogP contribution is 2.41. The Kier molecular flexibility index (Phi) is 7.14. The number of anilines is 1. The molecule has 0 amide bonds. The van der Waals surface area contributed by atoms with Gasteiger partial charge in [0, 0.05) is 38.3 Å². The minimum absolute atomic E-state index is 0.218. The summed E-state index contributed by atoms with van der Waals surface area (Å²) in [6, 6.07) is 19.9. The van der Waals surface area contributed by atoms with Gasteiger partial charge in [0.1, 0.15) is 0 Å². The predicted octanol–water partition coefficient (Wildman–Crippen LogP) is 5.01. The second-order valence-electron chi connectivity index (χ2n) is 8.74. The Labute approximate surface area is 171 Å². The van der Waals surface area contributed by atoms with Crippen LogP contribution < -0.4 is 10.2 Å². The molecular weight excluding hydrogens is 344 g/mol. The number of ether oxygens (including phenoxy) is 1. The van der Waals surface area contributed by atoms with Crippen molar-refractivity contribution < 1.29 is 4.74 Å². The standard InChI is InChI=1S/C25H36N2O/c1-20(2)24-18-25(15-17-28-24,22-8-6-5-7-9-22)14-16-26-19-21-10-12-23(13-11-21)27(3)4/h5-13,20,24,26H,14-19H2,1-4H3/t24-,25-/m0/s1. The van der Waals surface area contributed by atoms with Gasteiger partial charge in [-0.05, 0) is 55.0 Å². The molecule has 0 aliphatic carbocycles. The van der Waals surface area contributed by atoms with Crippen LogP contribution in [0.5, 0.6) is 0 Å². The van der Waals surface area contributed by atoms with Crippen LogP contribution in [0.1, 0.15) is 44.2 Å². The van der Waals surface area contributed by atoms with Gasteiger partial charge < -0.3 is 15.0 Å². The van der Waals surface area contributed by atoms with E-state index in [2.05, 4.69) is 92.8 Å². The molecule has 3 nitrogen and oxygen atoms in total. The van der Waals surface area contributed by atoms with Crippen LogP contribution in [0, 0.1) is 5.92 Å². The molecular formula is C25H36N2O. The van der Waals surface area contributed by atoms with Gasteiger partial charge in [0.25, 0.3) is 0 Å². The van der Waals surface area contributed by atoms with Crippen molar-refractivity contribution in [1.29, 1.82) is 0 Å². The molecule has 1 heterocycles. The van der Waals surface area contributed by atoms with Crippen molar-refractivity contribution >= 4 is 5.69 Å². The predicted molar refractivity (Wildman–Crippen MR) is 119 cm³/mol. The number of rotatable bonds is 8. The number of hydrogen-bond acceptors (Lipinski definition) is 3. The third-order valence-corrected chi connectivity index (χ3v) is 6.20. The van der Waals surface area contributed by atoms with Gasteiger partial charge in [-0.1, -0.05) is 56.3 Å². The average Bonchev–Trinajstić information content (AvgIpc) is 2.72. The van der Waals surface area contributed by atoms with Crippen molar-refractivity contribution in [1.82, 2.24) is 5.32 Å². The van der Waals surface area contributed by atoms with Gasteiger partial charge in [0.15, 0.2) is 0 Å². The second-order valence-corrected chi connectivity index (χ2v) is 8.74. The van der Waals surface area contributed by atoms with Gasteiger partial charge in [-0.3, -0.25) is 0 Å². The van der Waals surface area contributed by atoms with E-state index in [1.165, 1.54) is 16.8 Å². The lowest BCUT2D eigenvalue weighted by atomic mass is 9.68. The number of nitrogens with one attached hydrogen (secondary N) is 1. The molecule has 2 aromatic carbocycles. The first-order valence-corrected chi connectivity index (χ1v) is 10.6. The Morgan fingerprint density at radius 1 is 1.07 bits per heavy atom. The monoisotopic (exact) mass is 380 g/mol. The highest BCUT2D eigenvalue weighted by molar-refractivity contribution is 5.45. The molecule has 1 aliphatic rings. The normalized spacial score (nSPS) is 22.4. The zero-order valence-corrected chi connectivity index (χ0v) is 17.9. The smallest absolute Gasteiger partial charge is 0.0606 e. The van der Waals surface area contributed by atoms with Gasteiger partial charge in [-0.15, -0.1) is 0 Å². The molecule has 1 aliphatic heterocycles. The van der Waals surface area contributed by atoms with Crippen LogP contribution in [0.15, 0.2) is 54.6 Å². The van der Waals surface area contributed by atoms with Crippen LogP contribution in [0.2, 0.25) is 0 Å². The van der Waals surface area contributed by atoms with Gasteiger partial charge >= 0.3 is 0 Å². The van der Waals surface area contributed by atoms with E-state index in [1.807, 2.05) is 0 Å². The SMILES string of the molecule is CC(C)[C@@H]1C[C@@](CCNCc2ccc(N(C)C)cc2)(c2ccccc2)CCO1. The quantitative estimate of drug-likeness (QED) is 0.652. The summed E-state index contributed by atoms with van der Waals surface area (Å²) in [7, 11) is 4.16. The fraction of sp³-hybridized carbons (Fsp3) is 0.520. The summed E-state index contributed by atoms with van der Waals surface area (Å²) in [6.45, 7) is 7.37. The summed E-state index contributed by atoms with van der Waals surface area (Å²) in [5, 5.41) is 3.68. The third-order valence-electron chi connectivity index (χ3n) is 6.20. The van der Waals surface area contributed by atoms with Crippen LogP contribution in [-0.4, -0.2) is 33.4 Å². The number of hydrogen-bond donors (Lipinski definition) is 1. The lowest BCUT2D eigenvalue weighted by Crippen LogP contribution is -2.42. The van der Waals surface area contributed by atoms with Crippen LogP contribution in [-0.2, 0) is 16.7 Å². The van der Waals surface area contributed by atoms with Crippen molar-refractivity contribution in [2.45, 2.75) is 51.2 Å². The lowest BCUT2D eigenvalue weighted by molar-refractivity contribution is -0.0469. The van der Waals surface area contributed by atoms with E-state index in [9.17, 15) is 0 Å². The first-order valence-electron chi connectivity index (χ1n) is 10.6. The Morgan fingerprint density at radius 3 is 2.43 bits per heavy atom. The average molecular weight is 381 g/mol. The first-order chi connectivity index (χ1) is 13.5. The maximum absolute atomic E-state index is 6.10. The first kappa shape index (κ1) is 20.9. The molecule has 0 saturated carbocycles. The molecule has 0 spiro atoms. The van der Waals surface area contributed by atoms with Crippen LogP contribution in [0.4, 0.5) is 5.69 Å². The van der Waals surface area contributed by atoms with Crippen molar-refractivity contribution in [3.05, 3.63) is 65.7 Å². The van der Waals surface area contributed by atoms with Crippen LogP contribution in [0.25, 0.3) is 0 Å². The zero-order chi connectivity index (χ0) is 20.0. The minimum atomic E-state index is 0.218. The molecule has 0 aromatic heterocycles. The topological polar surface area (TPSA) is 24.5 Å². The molecule has 0 bridgehead atoms. The molecule has 2 aromatic rings. The van der Waals surface area contributed by atoms with Crippen LogP contribution in [0.3, 0.4) is 0 Å². The van der Waals surface area contributed by atoms with Crippen molar-refractivity contribution in [2.24, 2.45) is 5.92 Å². The molecule has 1 fully saturated rings. The zero-order valence-electron chi connectivity index (χ0n) is 17.9. The Hall–Kier alpha value is -1.84. The molecule has 1 saturated heterocycles. The van der Waals surface area contributed by atoms with E-state index < -0.39 is 0 Å². The fourth-order valence-corrected chi connectivity index (χ4v) is 4.28. The summed E-state index contributed by atoms with van der Waals surface area (Å²) in [5.41, 5.74) is 4.28. The van der Waals surface area contributed by atoms with Crippen molar-refractivity contribution in [2.75, 3.05) is 32.1 Å². The summed E-state index contributed by atoms with van der Waals surface area (Å²) in [5.74, 6) is 0.562. The number of benzene rings is 2. The van der Waals surface area contributed by atoms with Gasteiger partial charge in [-0.2, -0.15) is 0 Å². The molecule has 3 heteroatoms. The van der Waals surface area contributed by atoms with Crippen molar-refractivity contribution in [3.8, 4) is 0 Å². The third kappa shape index (κ3) is 5.15. The van der Waals surface area contributed by atoms with E-state index in [0.29, 0.717) is 12.0 Å². The van der Waals surface area contributed by atoms with Crippen LogP contribution >= 0.6 is 0 Å². The van der Waals surface area contributed by atoms with Crippen molar-refractivity contribution in [3.63, 3.8) is 0 Å². The minimum Gasteiger partial charge on any atom is -0.378 e. The highest BCUT2D eigenvalue weighted by atomic mass is 16.5. The van der Waals surface area contributed by atoms with Gasteiger partial charge in [-0.25, -0.2) is 0 Å². The molecule has 28 heavy (non-hydrogen) atoms. The van der Waals surface area contributed by atoms with E-state index in [-0.39, 0.29) is 5.41 Å². The van der Waals surface area contributed by atoms with E-state index in [0.717, 1.165) is 39.0 Å². The highest BCUT2D eigenvalue weighted by Gasteiger charge is 2.38.